The van der Waals surface area contributed by atoms with Crippen molar-refractivity contribution < 1.29 is 24.6 Å². The number of imidazole rings is 2. The molecule has 0 fully saturated rings. The van der Waals surface area contributed by atoms with Gasteiger partial charge in [0, 0.05) is 36.6 Å². The summed E-state index contributed by atoms with van der Waals surface area (Å²) in [5, 5.41) is 23.2. The molecule has 12 heteroatoms. The average Bonchev–Trinajstić information content (AvgIpc) is 3.32. The monoisotopic (exact) mass is 379 g/mol. The molecule has 2 aromatic rings. The van der Waals surface area contributed by atoms with E-state index in [1.807, 2.05) is 0 Å². The van der Waals surface area contributed by atoms with Crippen molar-refractivity contribution in [2.75, 3.05) is 6.61 Å². The van der Waals surface area contributed by atoms with Crippen LogP contribution in [0.15, 0.2) is 25.0 Å². The van der Waals surface area contributed by atoms with Gasteiger partial charge >= 0.3 is 5.97 Å². The maximum absolute atomic E-state index is 12.3. The van der Waals surface area contributed by atoms with Crippen LogP contribution in [0.25, 0.3) is 0 Å². The Kier molecular flexibility index (Phi) is 7.02. The molecule has 0 aliphatic heterocycles. The molecular weight excluding hydrogens is 358 g/mol. The average molecular weight is 379 g/mol. The van der Waals surface area contributed by atoms with Gasteiger partial charge in [-0.15, -0.1) is 0 Å². The molecule has 0 saturated heterocycles. The number of nitrogens with one attached hydrogen (secondary N) is 4. The lowest BCUT2D eigenvalue weighted by Gasteiger charge is -2.21. The van der Waals surface area contributed by atoms with Crippen LogP contribution in [0.3, 0.4) is 0 Å². The summed E-state index contributed by atoms with van der Waals surface area (Å²) < 4.78 is 0. The molecule has 0 radical (unpaired) electrons. The van der Waals surface area contributed by atoms with Gasteiger partial charge in [-0.05, 0) is 0 Å². The molecule has 0 bridgehead atoms. The molecule has 2 amide bonds. The van der Waals surface area contributed by atoms with Crippen molar-refractivity contribution in [1.29, 1.82) is 0 Å². The number of hydrogen-bond acceptors (Lipinski definition) is 7. The molecule has 0 aromatic carbocycles. The second kappa shape index (κ2) is 9.45. The van der Waals surface area contributed by atoms with Gasteiger partial charge in [0.2, 0.25) is 11.8 Å². The Morgan fingerprint density at radius 3 is 2.04 bits per heavy atom. The second-order valence-electron chi connectivity index (χ2n) is 5.81. The van der Waals surface area contributed by atoms with E-state index < -0.39 is 42.5 Å². The first-order valence-corrected chi connectivity index (χ1v) is 8.05. The van der Waals surface area contributed by atoms with Crippen molar-refractivity contribution in [2.24, 2.45) is 5.73 Å². The van der Waals surface area contributed by atoms with E-state index in [1.165, 1.54) is 25.0 Å². The van der Waals surface area contributed by atoms with Gasteiger partial charge in [-0.2, -0.15) is 0 Å². The molecule has 27 heavy (non-hydrogen) atoms. The van der Waals surface area contributed by atoms with Gasteiger partial charge in [0.25, 0.3) is 0 Å². The third kappa shape index (κ3) is 5.90. The van der Waals surface area contributed by atoms with E-state index in [-0.39, 0.29) is 12.8 Å². The van der Waals surface area contributed by atoms with Gasteiger partial charge in [0.1, 0.15) is 12.1 Å². The van der Waals surface area contributed by atoms with E-state index in [1.54, 1.807) is 0 Å². The van der Waals surface area contributed by atoms with Gasteiger partial charge in [0.05, 0.1) is 25.3 Å². The standard InChI is InChI=1S/C15H21N7O5/c16-10(1-8-3-17-6-19-8)13(24)22-12(5-23)14(25)21-11(15(26)27)2-9-4-18-7-20-9/h3-4,6-7,10-12,23H,1-2,5,16H2,(H,17,19)(H,18,20)(H,21,25)(H,22,24)(H,26,27). The molecule has 8 N–H and O–H groups in total. The van der Waals surface area contributed by atoms with Gasteiger partial charge in [-0.1, -0.05) is 0 Å². The Labute approximate surface area is 153 Å². The Balaban J connectivity index is 1.92. The van der Waals surface area contributed by atoms with Crippen molar-refractivity contribution in [2.45, 2.75) is 31.0 Å². The topological polar surface area (TPSA) is 199 Å². The zero-order valence-corrected chi connectivity index (χ0v) is 14.3. The first kappa shape index (κ1) is 20.1. The highest BCUT2D eigenvalue weighted by Crippen LogP contribution is 2.01. The number of amides is 2. The number of aliphatic hydroxyl groups is 1. The van der Waals surface area contributed by atoms with Crippen LogP contribution in [0.5, 0.6) is 0 Å². The largest absolute Gasteiger partial charge is 0.480 e. The summed E-state index contributed by atoms with van der Waals surface area (Å²) in [4.78, 5) is 48.9. The lowest BCUT2D eigenvalue weighted by Crippen LogP contribution is -2.56. The summed E-state index contributed by atoms with van der Waals surface area (Å²) >= 11 is 0. The van der Waals surface area contributed by atoms with Crippen LogP contribution in [0.4, 0.5) is 0 Å². The Bertz CT molecular complexity index is 747. The first-order chi connectivity index (χ1) is 12.9. The van der Waals surface area contributed by atoms with E-state index in [4.69, 9.17) is 5.73 Å². The molecule has 0 spiro atoms. The lowest BCUT2D eigenvalue weighted by atomic mass is 10.1. The number of aromatic nitrogens is 4. The Morgan fingerprint density at radius 2 is 1.56 bits per heavy atom. The molecular formula is C15H21N7O5. The smallest absolute Gasteiger partial charge is 0.326 e. The molecule has 2 aromatic heterocycles. The Hall–Kier alpha value is -3.25. The molecule has 0 aliphatic carbocycles. The van der Waals surface area contributed by atoms with Crippen molar-refractivity contribution in [3.63, 3.8) is 0 Å². The predicted molar refractivity (Wildman–Crippen MR) is 91.1 cm³/mol. The molecule has 0 aliphatic rings. The number of aliphatic hydroxyl groups excluding tert-OH is 1. The highest BCUT2D eigenvalue weighted by atomic mass is 16.4. The summed E-state index contributed by atoms with van der Waals surface area (Å²) in [7, 11) is 0. The highest BCUT2D eigenvalue weighted by molar-refractivity contribution is 5.92. The fraction of sp³-hybridized carbons (Fsp3) is 0.400. The van der Waals surface area contributed by atoms with Gasteiger partial charge in [-0.3, -0.25) is 9.59 Å². The summed E-state index contributed by atoms with van der Waals surface area (Å²) in [6, 6.07) is -3.58. The van der Waals surface area contributed by atoms with E-state index in [9.17, 15) is 24.6 Å². The minimum atomic E-state index is -1.34. The molecule has 0 saturated carbocycles. The number of nitrogens with two attached hydrogens (primary N) is 1. The minimum Gasteiger partial charge on any atom is -0.480 e. The number of H-pyrrole nitrogens is 2. The molecule has 146 valence electrons. The first-order valence-electron chi connectivity index (χ1n) is 8.05. The van der Waals surface area contributed by atoms with Crippen LogP contribution >= 0.6 is 0 Å². The number of nitrogens with zero attached hydrogens (tertiary/aromatic N) is 2. The third-order valence-corrected chi connectivity index (χ3v) is 3.74. The van der Waals surface area contributed by atoms with Crippen LogP contribution in [0.1, 0.15) is 11.4 Å². The van der Waals surface area contributed by atoms with Crippen LogP contribution < -0.4 is 16.4 Å². The van der Waals surface area contributed by atoms with E-state index >= 15 is 0 Å². The van der Waals surface area contributed by atoms with Crippen molar-refractivity contribution in [3.05, 3.63) is 36.4 Å². The SMILES string of the molecule is NC(Cc1cnc[nH]1)C(=O)NC(CO)C(=O)NC(Cc1cnc[nH]1)C(=O)O. The fourth-order valence-electron chi connectivity index (χ4n) is 2.29. The zero-order valence-electron chi connectivity index (χ0n) is 14.3. The number of carbonyl (C=O) groups is 3. The van der Waals surface area contributed by atoms with E-state index in [2.05, 4.69) is 30.6 Å². The number of aromatic amines is 2. The maximum Gasteiger partial charge on any atom is 0.326 e. The number of carbonyl (C=O) groups excluding carboxylic acids is 2. The predicted octanol–water partition coefficient (Wildman–Crippen LogP) is -2.71. The van der Waals surface area contributed by atoms with Gasteiger partial charge < -0.3 is 36.5 Å². The van der Waals surface area contributed by atoms with Crippen LogP contribution in [-0.4, -0.2) is 72.7 Å². The van der Waals surface area contributed by atoms with Gasteiger partial charge in [0.15, 0.2) is 0 Å². The summed E-state index contributed by atoms with van der Waals surface area (Å²) in [6.07, 6.45) is 5.89. The summed E-state index contributed by atoms with van der Waals surface area (Å²) in [5.41, 5.74) is 6.91. The quantitative estimate of drug-likeness (QED) is 0.231. The Morgan fingerprint density at radius 1 is 1.00 bits per heavy atom. The number of carboxylic acid groups (broad SMARTS) is 1. The molecule has 3 unspecified atom stereocenters. The maximum atomic E-state index is 12.3. The number of hydrogen-bond donors (Lipinski definition) is 7. The molecule has 12 nitrogen and oxygen atoms in total. The second-order valence-corrected chi connectivity index (χ2v) is 5.81. The van der Waals surface area contributed by atoms with E-state index in [0.717, 1.165) is 0 Å². The number of aliphatic carboxylic acids is 1. The fourth-order valence-corrected chi connectivity index (χ4v) is 2.29. The number of carboxylic acids is 1. The van der Waals surface area contributed by atoms with Crippen LogP contribution in [0, 0.1) is 0 Å². The highest BCUT2D eigenvalue weighted by Gasteiger charge is 2.28. The minimum absolute atomic E-state index is 0.0352. The molecule has 3 atom stereocenters. The molecule has 2 rings (SSSR count). The van der Waals surface area contributed by atoms with Crippen LogP contribution in [-0.2, 0) is 27.2 Å². The van der Waals surface area contributed by atoms with Crippen molar-refractivity contribution in [1.82, 2.24) is 30.6 Å². The van der Waals surface area contributed by atoms with Crippen molar-refractivity contribution >= 4 is 17.8 Å². The lowest BCUT2D eigenvalue weighted by molar-refractivity contribution is -0.142. The van der Waals surface area contributed by atoms with E-state index in [0.29, 0.717) is 11.4 Å². The third-order valence-electron chi connectivity index (χ3n) is 3.74. The zero-order chi connectivity index (χ0) is 19.8. The number of rotatable bonds is 10. The van der Waals surface area contributed by atoms with Crippen LogP contribution in [0.2, 0.25) is 0 Å². The summed E-state index contributed by atoms with van der Waals surface area (Å²) in [6.45, 7) is -0.718. The van der Waals surface area contributed by atoms with Crippen molar-refractivity contribution in [3.8, 4) is 0 Å². The summed E-state index contributed by atoms with van der Waals surface area (Å²) in [5.74, 6) is -2.78. The normalized spacial score (nSPS) is 14.1. The van der Waals surface area contributed by atoms with Gasteiger partial charge in [-0.25, -0.2) is 14.8 Å². The molecule has 2 heterocycles.